The number of ether oxygens (including phenoxy) is 2. The highest BCUT2D eigenvalue weighted by Crippen LogP contribution is 2.26. The summed E-state index contributed by atoms with van der Waals surface area (Å²) in [6.45, 7) is 2.10. The van der Waals surface area contributed by atoms with E-state index in [9.17, 15) is 22.8 Å². The summed E-state index contributed by atoms with van der Waals surface area (Å²) in [4.78, 5) is 36.3. The van der Waals surface area contributed by atoms with Crippen molar-refractivity contribution in [2.45, 2.75) is 31.1 Å². The smallest absolute Gasteiger partial charge is 0.340 e. The summed E-state index contributed by atoms with van der Waals surface area (Å²) in [6.07, 6.45) is 2.53. The van der Waals surface area contributed by atoms with E-state index in [0.717, 1.165) is 19.3 Å². The molecule has 1 fully saturated rings. The number of urea groups is 1. The van der Waals surface area contributed by atoms with Crippen molar-refractivity contribution in [3.8, 4) is 0 Å². The summed E-state index contributed by atoms with van der Waals surface area (Å²) in [7, 11) is -3.77. The molecule has 2 aliphatic heterocycles. The van der Waals surface area contributed by atoms with Gasteiger partial charge in [0.1, 0.15) is 6.61 Å². The van der Waals surface area contributed by atoms with Gasteiger partial charge in [0.25, 0.3) is 0 Å². The summed E-state index contributed by atoms with van der Waals surface area (Å²) in [5.41, 5.74) is 0.0591. The Balaban J connectivity index is 1.79. The van der Waals surface area contributed by atoms with Gasteiger partial charge in [-0.25, -0.2) is 22.8 Å². The number of nitrogens with one attached hydrogen (secondary N) is 2. The molecule has 1 saturated heterocycles. The molecule has 0 atom stereocenters. The van der Waals surface area contributed by atoms with Crippen LogP contribution in [-0.2, 0) is 24.3 Å². The van der Waals surface area contributed by atoms with Gasteiger partial charge in [-0.05, 0) is 38.0 Å². The fourth-order valence-corrected chi connectivity index (χ4v) is 5.10. The number of nitrogens with zero attached hydrogens (tertiary/aromatic N) is 1. The summed E-state index contributed by atoms with van der Waals surface area (Å²) in [5.74, 6) is -1.55. The van der Waals surface area contributed by atoms with Gasteiger partial charge in [-0.1, -0.05) is 18.0 Å². The van der Waals surface area contributed by atoms with Gasteiger partial charge in [-0.2, -0.15) is 4.31 Å². The lowest BCUT2D eigenvalue weighted by Gasteiger charge is -2.26. The molecule has 2 heterocycles. The Labute approximate surface area is 190 Å². The lowest BCUT2D eigenvalue weighted by Crippen LogP contribution is -2.45. The van der Waals surface area contributed by atoms with Gasteiger partial charge in [0.2, 0.25) is 10.0 Å². The molecule has 3 rings (SSSR count). The number of esters is 2. The Bertz CT molecular complexity index is 1050. The van der Waals surface area contributed by atoms with Crippen molar-refractivity contribution in [3.63, 3.8) is 0 Å². The van der Waals surface area contributed by atoms with Crippen LogP contribution in [0.15, 0.2) is 34.4 Å². The predicted molar refractivity (Wildman–Crippen MR) is 115 cm³/mol. The number of sulfonamides is 1. The van der Waals surface area contributed by atoms with E-state index in [4.69, 9.17) is 21.1 Å². The lowest BCUT2D eigenvalue weighted by molar-refractivity contribution is -0.138. The molecule has 1 aromatic carbocycles. The molecule has 0 unspecified atom stereocenters. The van der Waals surface area contributed by atoms with Gasteiger partial charge in [0.15, 0.2) is 0 Å². The molecule has 0 spiro atoms. The molecule has 174 valence electrons. The molecular weight excluding hydrogens is 462 g/mol. The van der Waals surface area contributed by atoms with Crippen LogP contribution in [0.5, 0.6) is 0 Å². The van der Waals surface area contributed by atoms with E-state index in [1.54, 1.807) is 6.92 Å². The zero-order valence-electron chi connectivity index (χ0n) is 17.5. The Morgan fingerprint density at radius 1 is 1.12 bits per heavy atom. The highest BCUT2D eigenvalue weighted by atomic mass is 35.5. The summed E-state index contributed by atoms with van der Waals surface area (Å²) < 4.78 is 37.4. The Morgan fingerprint density at radius 3 is 2.53 bits per heavy atom. The van der Waals surface area contributed by atoms with E-state index >= 15 is 0 Å². The number of amides is 2. The Morgan fingerprint density at radius 2 is 1.84 bits per heavy atom. The summed E-state index contributed by atoms with van der Waals surface area (Å²) >= 11 is 6.12. The van der Waals surface area contributed by atoms with Crippen molar-refractivity contribution in [2.75, 3.05) is 32.8 Å². The molecule has 10 nitrogen and oxygen atoms in total. The second-order valence-electron chi connectivity index (χ2n) is 7.17. The molecule has 0 radical (unpaired) electrons. The fraction of sp³-hybridized carbons (Fsp3) is 0.450. The molecule has 2 N–H and O–H groups in total. The van der Waals surface area contributed by atoms with Crippen LogP contribution in [0.25, 0.3) is 0 Å². The first-order valence-corrected chi connectivity index (χ1v) is 12.0. The zero-order chi connectivity index (χ0) is 23.3. The number of piperidine rings is 1. The van der Waals surface area contributed by atoms with Gasteiger partial charge < -0.3 is 20.1 Å². The van der Waals surface area contributed by atoms with Crippen molar-refractivity contribution in [1.82, 2.24) is 14.9 Å². The van der Waals surface area contributed by atoms with Crippen molar-refractivity contribution in [1.29, 1.82) is 0 Å². The number of hydrogen-bond donors (Lipinski definition) is 2. The van der Waals surface area contributed by atoms with E-state index in [0.29, 0.717) is 13.1 Å². The maximum atomic E-state index is 12.9. The van der Waals surface area contributed by atoms with E-state index in [2.05, 4.69) is 10.6 Å². The van der Waals surface area contributed by atoms with Gasteiger partial charge in [0.05, 0.1) is 39.9 Å². The summed E-state index contributed by atoms with van der Waals surface area (Å²) in [6, 6.07) is 3.29. The highest BCUT2D eigenvalue weighted by Gasteiger charge is 2.28. The SMILES string of the molecule is CCOC(=O)C1=C(COC(=O)c2cc(S(=O)(=O)N3CCCCC3)ccc2Cl)NC(=O)NC1. The lowest BCUT2D eigenvalue weighted by atomic mass is 10.1. The Kier molecular flexibility index (Phi) is 7.75. The van der Waals surface area contributed by atoms with Gasteiger partial charge in [-0.3, -0.25) is 0 Å². The third-order valence-electron chi connectivity index (χ3n) is 5.03. The number of hydrogen-bond acceptors (Lipinski definition) is 7. The molecule has 12 heteroatoms. The molecule has 32 heavy (non-hydrogen) atoms. The summed E-state index contributed by atoms with van der Waals surface area (Å²) in [5, 5.41) is 4.88. The van der Waals surface area contributed by atoms with Gasteiger partial charge in [0, 0.05) is 13.1 Å². The first-order chi connectivity index (χ1) is 15.2. The average molecular weight is 486 g/mol. The van der Waals surface area contributed by atoms with Crippen LogP contribution in [0.4, 0.5) is 4.79 Å². The van der Waals surface area contributed by atoms with E-state index < -0.39 is 34.6 Å². The third kappa shape index (κ3) is 5.40. The largest absolute Gasteiger partial charge is 0.463 e. The Hall–Kier alpha value is -2.63. The van der Waals surface area contributed by atoms with Crippen molar-refractivity contribution >= 4 is 39.6 Å². The van der Waals surface area contributed by atoms with Crippen molar-refractivity contribution < 1.29 is 32.3 Å². The molecule has 0 aromatic heterocycles. The van der Waals surface area contributed by atoms with Crippen molar-refractivity contribution in [2.24, 2.45) is 0 Å². The number of carbonyl (C=O) groups excluding carboxylic acids is 3. The van der Waals surface area contributed by atoms with Crippen LogP contribution in [0.2, 0.25) is 5.02 Å². The fourth-order valence-electron chi connectivity index (χ4n) is 3.36. The topological polar surface area (TPSA) is 131 Å². The van der Waals surface area contributed by atoms with Crippen LogP contribution in [0.1, 0.15) is 36.5 Å². The average Bonchev–Trinajstić information content (AvgIpc) is 2.78. The first kappa shape index (κ1) is 24.0. The predicted octanol–water partition coefficient (Wildman–Crippen LogP) is 1.80. The number of benzene rings is 1. The van der Waals surface area contributed by atoms with Crippen LogP contribution >= 0.6 is 11.6 Å². The van der Waals surface area contributed by atoms with E-state index in [1.807, 2.05) is 0 Å². The molecular formula is C20H24ClN3O7S. The van der Waals surface area contributed by atoms with E-state index in [-0.39, 0.29) is 39.9 Å². The van der Waals surface area contributed by atoms with Crippen molar-refractivity contribution in [3.05, 3.63) is 40.1 Å². The standard InChI is InChI=1S/C20H24ClN3O7S/c1-2-30-19(26)15-11-22-20(27)23-17(15)12-31-18(25)14-10-13(6-7-16(14)21)32(28,29)24-8-4-3-5-9-24/h6-7,10H,2-5,8-9,11-12H2,1H3,(H2,22,23,27). The zero-order valence-corrected chi connectivity index (χ0v) is 19.1. The minimum absolute atomic E-state index is 0.0153. The van der Waals surface area contributed by atoms with Crippen LogP contribution in [0.3, 0.4) is 0 Å². The van der Waals surface area contributed by atoms with Gasteiger partial charge >= 0.3 is 18.0 Å². The van der Waals surface area contributed by atoms with Crippen LogP contribution in [-0.4, -0.2) is 63.5 Å². The maximum absolute atomic E-state index is 12.9. The minimum Gasteiger partial charge on any atom is -0.463 e. The molecule has 0 aliphatic carbocycles. The second kappa shape index (κ2) is 10.3. The number of halogens is 1. The third-order valence-corrected chi connectivity index (χ3v) is 7.26. The van der Waals surface area contributed by atoms with Crippen LogP contribution in [0, 0.1) is 0 Å². The second-order valence-corrected chi connectivity index (χ2v) is 9.51. The minimum atomic E-state index is -3.77. The normalized spacial score (nSPS) is 17.4. The number of rotatable bonds is 7. The maximum Gasteiger partial charge on any atom is 0.340 e. The highest BCUT2D eigenvalue weighted by molar-refractivity contribution is 7.89. The van der Waals surface area contributed by atoms with Gasteiger partial charge in [-0.15, -0.1) is 0 Å². The first-order valence-electron chi connectivity index (χ1n) is 10.1. The molecule has 0 saturated carbocycles. The monoisotopic (exact) mass is 485 g/mol. The quantitative estimate of drug-likeness (QED) is 0.563. The molecule has 1 aromatic rings. The van der Waals surface area contributed by atoms with Crippen LogP contribution < -0.4 is 10.6 Å². The molecule has 2 amide bonds. The number of carbonyl (C=O) groups is 3. The van der Waals surface area contributed by atoms with E-state index in [1.165, 1.54) is 22.5 Å². The molecule has 0 bridgehead atoms. The molecule has 2 aliphatic rings.